The molecule has 4 heterocycles. The Morgan fingerprint density at radius 3 is 2.85 bits per heavy atom. The number of hydrogen-bond acceptors (Lipinski definition) is 5. The summed E-state index contributed by atoms with van der Waals surface area (Å²) in [5.74, 6) is 0.348. The van der Waals surface area contributed by atoms with Crippen molar-refractivity contribution in [3.05, 3.63) is 59.0 Å². The second-order valence-electron chi connectivity index (χ2n) is 9.07. The Morgan fingerprint density at radius 2 is 2.06 bits per heavy atom. The van der Waals surface area contributed by atoms with Crippen molar-refractivity contribution in [3.8, 4) is 22.5 Å². The lowest BCUT2D eigenvalue weighted by molar-refractivity contribution is -0.121. The maximum absolute atomic E-state index is 11.8. The summed E-state index contributed by atoms with van der Waals surface area (Å²) in [5.41, 5.74) is 9.94. The van der Waals surface area contributed by atoms with Crippen molar-refractivity contribution < 1.29 is 4.79 Å². The maximum Gasteiger partial charge on any atom is 0.233 e. The molecule has 0 saturated heterocycles. The van der Waals surface area contributed by atoms with E-state index in [1.807, 2.05) is 17.6 Å². The van der Waals surface area contributed by atoms with Crippen LogP contribution in [-0.2, 0) is 17.8 Å². The van der Waals surface area contributed by atoms with Gasteiger partial charge in [0.2, 0.25) is 5.91 Å². The van der Waals surface area contributed by atoms with Crippen molar-refractivity contribution in [2.75, 3.05) is 20.1 Å². The standard InChI is InChI=1S/C25H29N7O/c1-15(2)22-23(29-30-24(22)20-9-16(3)25-27-14-28-32(25)12-20)18-5-6-19-11-31(13-21(33)26-4)8-7-17(19)10-18/h5-6,9-10,12,14-15H,7-8,11,13H2,1-4H3,(H,26,33)(H,29,30). The van der Waals surface area contributed by atoms with Crippen molar-refractivity contribution in [3.63, 3.8) is 0 Å². The van der Waals surface area contributed by atoms with E-state index in [1.165, 1.54) is 16.7 Å². The highest BCUT2D eigenvalue weighted by Gasteiger charge is 2.23. The van der Waals surface area contributed by atoms with Gasteiger partial charge in [-0.1, -0.05) is 26.0 Å². The van der Waals surface area contributed by atoms with E-state index in [9.17, 15) is 4.79 Å². The molecule has 0 fully saturated rings. The van der Waals surface area contributed by atoms with Crippen LogP contribution in [0.3, 0.4) is 0 Å². The first-order valence-corrected chi connectivity index (χ1v) is 11.4. The summed E-state index contributed by atoms with van der Waals surface area (Å²) in [7, 11) is 1.68. The smallest absolute Gasteiger partial charge is 0.233 e. The van der Waals surface area contributed by atoms with Crippen LogP contribution in [0.25, 0.3) is 28.2 Å². The lowest BCUT2D eigenvalue weighted by Gasteiger charge is -2.28. The highest BCUT2D eigenvalue weighted by Crippen LogP contribution is 2.37. The molecule has 0 aliphatic carbocycles. The number of H-pyrrole nitrogens is 1. The molecule has 0 bridgehead atoms. The number of carbonyl (C=O) groups is 1. The molecule has 170 valence electrons. The molecular weight excluding hydrogens is 414 g/mol. The first-order valence-electron chi connectivity index (χ1n) is 11.4. The lowest BCUT2D eigenvalue weighted by Crippen LogP contribution is -2.38. The Bertz CT molecular complexity index is 1330. The van der Waals surface area contributed by atoms with Crippen LogP contribution in [0.4, 0.5) is 0 Å². The number of benzene rings is 1. The minimum Gasteiger partial charge on any atom is -0.358 e. The average molecular weight is 444 g/mol. The van der Waals surface area contributed by atoms with Gasteiger partial charge in [-0.05, 0) is 48.1 Å². The number of aromatic nitrogens is 5. The van der Waals surface area contributed by atoms with Gasteiger partial charge < -0.3 is 5.32 Å². The largest absolute Gasteiger partial charge is 0.358 e. The number of amides is 1. The van der Waals surface area contributed by atoms with Gasteiger partial charge in [-0.2, -0.15) is 10.2 Å². The predicted octanol–water partition coefficient (Wildman–Crippen LogP) is 3.32. The third kappa shape index (κ3) is 3.91. The zero-order valence-electron chi connectivity index (χ0n) is 19.5. The Morgan fingerprint density at radius 1 is 1.21 bits per heavy atom. The van der Waals surface area contributed by atoms with Crippen LogP contribution in [0.2, 0.25) is 0 Å². The van der Waals surface area contributed by atoms with Gasteiger partial charge in [-0.15, -0.1) is 0 Å². The summed E-state index contributed by atoms with van der Waals surface area (Å²) in [6, 6.07) is 8.76. The van der Waals surface area contributed by atoms with Crippen LogP contribution in [0.5, 0.6) is 0 Å². The molecule has 0 unspecified atom stereocenters. The number of likely N-dealkylation sites (N-methyl/N-ethyl adjacent to an activating group) is 1. The number of pyridine rings is 1. The minimum atomic E-state index is 0.0564. The fourth-order valence-electron chi connectivity index (χ4n) is 4.76. The van der Waals surface area contributed by atoms with Gasteiger partial charge in [0.1, 0.15) is 6.33 Å². The molecule has 1 aromatic carbocycles. The molecule has 0 spiro atoms. The summed E-state index contributed by atoms with van der Waals surface area (Å²) in [5, 5.41) is 15.1. The van der Waals surface area contributed by atoms with Crippen molar-refractivity contribution in [1.29, 1.82) is 0 Å². The van der Waals surface area contributed by atoms with Crippen LogP contribution in [0.1, 0.15) is 42.0 Å². The molecule has 4 aromatic rings. The molecule has 8 heteroatoms. The number of aromatic amines is 1. The third-order valence-electron chi connectivity index (χ3n) is 6.45. The topological polar surface area (TPSA) is 91.2 Å². The van der Waals surface area contributed by atoms with Crippen LogP contribution in [0, 0.1) is 6.92 Å². The van der Waals surface area contributed by atoms with Crippen molar-refractivity contribution in [1.82, 2.24) is 35.0 Å². The Balaban J connectivity index is 1.50. The maximum atomic E-state index is 11.8. The van der Waals surface area contributed by atoms with Crippen LogP contribution < -0.4 is 5.32 Å². The Hall–Kier alpha value is -3.52. The lowest BCUT2D eigenvalue weighted by atomic mass is 9.91. The second-order valence-corrected chi connectivity index (χ2v) is 9.07. The van der Waals surface area contributed by atoms with Gasteiger partial charge in [0, 0.05) is 43.0 Å². The summed E-state index contributed by atoms with van der Waals surface area (Å²) in [4.78, 5) is 18.3. The molecule has 33 heavy (non-hydrogen) atoms. The van der Waals surface area contributed by atoms with E-state index in [4.69, 9.17) is 5.10 Å². The summed E-state index contributed by atoms with van der Waals surface area (Å²) >= 11 is 0. The number of carbonyl (C=O) groups excluding carboxylic acids is 1. The van der Waals surface area contributed by atoms with E-state index in [-0.39, 0.29) is 5.91 Å². The molecule has 0 atom stereocenters. The first kappa shape index (κ1) is 21.3. The van der Waals surface area contributed by atoms with Gasteiger partial charge in [0.05, 0.1) is 17.9 Å². The molecule has 1 amide bonds. The van der Waals surface area contributed by atoms with E-state index in [2.05, 4.69) is 63.5 Å². The quantitative estimate of drug-likeness (QED) is 0.494. The molecule has 2 N–H and O–H groups in total. The molecular formula is C25H29N7O. The van der Waals surface area contributed by atoms with E-state index in [0.29, 0.717) is 12.5 Å². The molecule has 1 aliphatic rings. The van der Waals surface area contributed by atoms with Crippen LogP contribution in [0.15, 0.2) is 36.8 Å². The normalized spacial score (nSPS) is 14.1. The highest BCUT2D eigenvalue weighted by atomic mass is 16.1. The van der Waals surface area contributed by atoms with Crippen LogP contribution >= 0.6 is 0 Å². The minimum absolute atomic E-state index is 0.0564. The fraction of sp³-hybridized carbons (Fsp3) is 0.360. The van der Waals surface area contributed by atoms with E-state index >= 15 is 0 Å². The molecule has 5 rings (SSSR count). The van der Waals surface area contributed by atoms with Gasteiger partial charge in [-0.3, -0.25) is 14.8 Å². The van der Waals surface area contributed by atoms with Crippen molar-refractivity contribution >= 4 is 11.6 Å². The average Bonchev–Trinajstić information content (AvgIpc) is 3.46. The third-order valence-corrected chi connectivity index (χ3v) is 6.45. The summed E-state index contributed by atoms with van der Waals surface area (Å²) < 4.78 is 1.81. The molecule has 8 nitrogen and oxygen atoms in total. The van der Waals surface area contributed by atoms with Gasteiger partial charge in [0.15, 0.2) is 5.65 Å². The number of rotatable bonds is 5. The Labute approximate surface area is 193 Å². The summed E-state index contributed by atoms with van der Waals surface area (Å²) in [6.07, 6.45) is 4.50. The number of aryl methyl sites for hydroxylation is 1. The van der Waals surface area contributed by atoms with Crippen molar-refractivity contribution in [2.45, 2.75) is 39.7 Å². The molecule has 0 radical (unpaired) electrons. The highest BCUT2D eigenvalue weighted by molar-refractivity contribution is 5.78. The molecule has 3 aromatic heterocycles. The van der Waals surface area contributed by atoms with Gasteiger partial charge in [-0.25, -0.2) is 9.50 Å². The van der Waals surface area contributed by atoms with E-state index in [0.717, 1.165) is 53.2 Å². The predicted molar refractivity (Wildman–Crippen MR) is 128 cm³/mol. The van der Waals surface area contributed by atoms with Crippen LogP contribution in [-0.4, -0.2) is 55.7 Å². The number of hydrogen-bond donors (Lipinski definition) is 2. The SMILES string of the molecule is CNC(=O)CN1CCc2cc(-c3[nH]nc(-c4cc(C)c5ncnn5c4)c3C(C)C)ccc2C1. The van der Waals surface area contributed by atoms with E-state index in [1.54, 1.807) is 13.4 Å². The number of fused-ring (bicyclic) bond motifs is 2. The second kappa shape index (κ2) is 8.44. The number of nitrogens with one attached hydrogen (secondary N) is 2. The Kier molecular flexibility index (Phi) is 5.46. The zero-order chi connectivity index (χ0) is 23.1. The molecule has 1 aliphatic heterocycles. The first-order chi connectivity index (χ1) is 15.9. The molecule has 0 saturated carbocycles. The monoisotopic (exact) mass is 443 g/mol. The van der Waals surface area contributed by atoms with E-state index < -0.39 is 0 Å². The van der Waals surface area contributed by atoms with Gasteiger partial charge in [0.25, 0.3) is 0 Å². The van der Waals surface area contributed by atoms with Gasteiger partial charge >= 0.3 is 0 Å². The van der Waals surface area contributed by atoms with Crippen molar-refractivity contribution in [2.24, 2.45) is 0 Å². The zero-order valence-corrected chi connectivity index (χ0v) is 19.5. The number of nitrogens with zero attached hydrogens (tertiary/aromatic N) is 5. The fourth-order valence-corrected chi connectivity index (χ4v) is 4.76. The summed E-state index contributed by atoms with van der Waals surface area (Å²) in [6.45, 7) is 8.57.